The molecule has 3 rings (SSSR count). The van der Waals surface area contributed by atoms with Gasteiger partial charge in [0.2, 0.25) is 5.91 Å². The average molecular weight is 470 g/mol. The van der Waals surface area contributed by atoms with Crippen LogP contribution < -0.4 is 14.8 Å². The second-order valence-corrected chi connectivity index (χ2v) is 8.47. The van der Waals surface area contributed by atoms with Crippen LogP contribution in [0.5, 0.6) is 11.5 Å². The first kappa shape index (κ1) is 23.9. The van der Waals surface area contributed by atoms with Crippen LogP contribution in [0.1, 0.15) is 23.3 Å². The standard InChI is InChI=1S/C21H25F2N3O5S/c1-30-18-11-15(17(26(28)29)12-19(18)31-21(22)23)13-25-8-5-14(6-9-25)20(27)24-7-4-16-3-2-10-32-16/h2-3,10-12,14,21H,4-9,13H2,1H3,(H,24,27). The van der Waals surface area contributed by atoms with Crippen molar-refractivity contribution >= 4 is 22.9 Å². The number of carbonyl (C=O) groups is 1. The van der Waals surface area contributed by atoms with E-state index in [9.17, 15) is 23.7 Å². The maximum Gasteiger partial charge on any atom is 0.387 e. The Morgan fingerprint density at radius 3 is 2.69 bits per heavy atom. The van der Waals surface area contributed by atoms with Gasteiger partial charge < -0.3 is 14.8 Å². The predicted octanol–water partition coefficient (Wildman–Crippen LogP) is 3.84. The molecular weight excluding hydrogens is 444 g/mol. The fourth-order valence-corrected chi connectivity index (χ4v) is 4.45. The van der Waals surface area contributed by atoms with Crippen molar-refractivity contribution in [2.75, 3.05) is 26.7 Å². The molecule has 1 aromatic heterocycles. The van der Waals surface area contributed by atoms with Crippen LogP contribution in [0, 0.1) is 16.0 Å². The average Bonchev–Trinajstić information content (AvgIpc) is 3.28. The Balaban J connectivity index is 1.56. The Kier molecular flexibility index (Phi) is 8.34. The van der Waals surface area contributed by atoms with E-state index in [4.69, 9.17) is 4.74 Å². The van der Waals surface area contributed by atoms with Gasteiger partial charge in [-0.3, -0.25) is 19.8 Å². The summed E-state index contributed by atoms with van der Waals surface area (Å²) in [5.41, 5.74) is 0.0298. The Labute approximate surface area is 188 Å². The zero-order valence-corrected chi connectivity index (χ0v) is 18.4. The quantitative estimate of drug-likeness (QED) is 0.420. The molecule has 1 amide bonds. The first-order chi connectivity index (χ1) is 15.4. The van der Waals surface area contributed by atoms with Gasteiger partial charge in [0, 0.05) is 29.4 Å². The summed E-state index contributed by atoms with van der Waals surface area (Å²) < 4.78 is 34.6. The molecule has 0 atom stereocenters. The predicted molar refractivity (Wildman–Crippen MR) is 115 cm³/mol. The van der Waals surface area contributed by atoms with Crippen LogP contribution in [-0.2, 0) is 17.8 Å². The van der Waals surface area contributed by atoms with E-state index in [2.05, 4.69) is 10.1 Å². The molecule has 1 saturated heterocycles. The molecule has 8 nitrogen and oxygen atoms in total. The van der Waals surface area contributed by atoms with Crippen LogP contribution in [0.25, 0.3) is 0 Å². The highest BCUT2D eigenvalue weighted by molar-refractivity contribution is 7.09. The van der Waals surface area contributed by atoms with Gasteiger partial charge in [-0.15, -0.1) is 11.3 Å². The Morgan fingerprint density at radius 1 is 1.34 bits per heavy atom. The molecule has 0 unspecified atom stereocenters. The van der Waals surface area contributed by atoms with Crippen LogP contribution in [0.2, 0.25) is 0 Å². The third-order valence-electron chi connectivity index (χ3n) is 5.38. The van der Waals surface area contributed by atoms with Crippen molar-refractivity contribution in [2.24, 2.45) is 5.92 Å². The van der Waals surface area contributed by atoms with E-state index < -0.39 is 11.5 Å². The number of methoxy groups -OCH3 is 1. The molecule has 1 aliphatic rings. The van der Waals surface area contributed by atoms with Crippen LogP contribution in [0.4, 0.5) is 14.5 Å². The fourth-order valence-electron chi connectivity index (χ4n) is 3.74. The van der Waals surface area contributed by atoms with Crippen molar-refractivity contribution < 1.29 is 28.0 Å². The molecule has 0 spiro atoms. The number of alkyl halides is 2. The molecule has 1 aliphatic heterocycles. The van der Waals surface area contributed by atoms with Gasteiger partial charge in [-0.1, -0.05) is 6.07 Å². The molecule has 1 fully saturated rings. The molecule has 174 valence electrons. The van der Waals surface area contributed by atoms with Crippen molar-refractivity contribution in [1.29, 1.82) is 0 Å². The second-order valence-electron chi connectivity index (χ2n) is 7.44. The topological polar surface area (TPSA) is 93.9 Å². The van der Waals surface area contributed by atoms with Gasteiger partial charge in [-0.25, -0.2) is 0 Å². The third-order valence-corrected chi connectivity index (χ3v) is 6.32. The number of piperidine rings is 1. The summed E-state index contributed by atoms with van der Waals surface area (Å²) in [7, 11) is 1.28. The molecule has 1 aromatic carbocycles. The van der Waals surface area contributed by atoms with Crippen LogP contribution >= 0.6 is 11.3 Å². The van der Waals surface area contributed by atoms with Gasteiger partial charge in [0.1, 0.15) is 0 Å². The highest BCUT2D eigenvalue weighted by atomic mass is 32.1. The van der Waals surface area contributed by atoms with Gasteiger partial charge in [0.25, 0.3) is 5.69 Å². The monoisotopic (exact) mass is 469 g/mol. The minimum absolute atomic E-state index is 0.00547. The maximum absolute atomic E-state index is 12.6. The van der Waals surface area contributed by atoms with Crippen LogP contribution in [0.15, 0.2) is 29.6 Å². The van der Waals surface area contributed by atoms with E-state index in [1.807, 2.05) is 22.4 Å². The third kappa shape index (κ3) is 6.36. The van der Waals surface area contributed by atoms with Crippen molar-refractivity contribution in [1.82, 2.24) is 10.2 Å². The molecule has 2 aromatic rings. The summed E-state index contributed by atoms with van der Waals surface area (Å²) in [5.74, 6) is -0.440. The number of benzene rings is 1. The lowest BCUT2D eigenvalue weighted by Gasteiger charge is -2.31. The first-order valence-corrected chi connectivity index (χ1v) is 11.1. The highest BCUT2D eigenvalue weighted by Gasteiger charge is 2.28. The zero-order chi connectivity index (χ0) is 23.1. The number of hydrogen-bond donors (Lipinski definition) is 1. The van der Waals surface area contributed by atoms with Crippen molar-refractivity contribution in [3.8, 4) is 11.5 Å². The number of rotatable bonds is 10. The lowest BCUT2D eigenvalue weighted by molar-refractivity contribution is -0.385. The van der Waals surface area contributed by atoms with Gasteiger partial charge in [0.15, 0.2) is 11.5 Å². The number of amides is 1. The fraction of sp³-hybridized carbons (Fsp3) is 0.476. The lowest BCUT2D eigenvalue weighted by atomic mass is 9.95. The van der Waals surface area contributed by atoms with E-state index in [1.165, 1.54) is 18.1 Å². The maximum atomic E-state index is 12.6. The molecule has 0 aliphatic carbocycles. The van der Waals surface area contributed by atoms with Crippen LogP contribution in [0.3, 0.4) is 0 Å². The normalized spacial score (nSPS) is 15.0. The number of likely N-dealkylation sites (tertiary alicyclic amines) is 1. The summed E-state index contributed by atoms with van der Waals surface area (Å²) in [6, 6.07) is 6.35. The number of hydrogen-bond acceptors (Lipinski definition) is 7. The molecule has 11 heteroatoms. The van der Waals surface area contributed by atoms with Crippen LogP contribution in [-0.4, -0.2) is 49.1 Å². The Morgan fingerprint density at radius 2 is 2.09 bits per heavy atom. The summed E-state index contributed by atoms with van der Waals surface area (Å²) in [4.78, 5) is 26.5. The zero-order valence-electron chi connectivity index (χ0n) is 17.6. The first-order valence-electron chi connectivity index (χ1n) is 10.2. The summed E-state index contributed by atoms with van der Waals surface area (Å²) >= 11 is 1.66. The summed E-state index contributed by atoms with van der Waals surface area (Å²) in [5, 5.41) is 16.5. The van der Waals surface area contributed by atoms with E-state index in [-0.39, 0.29) is 35.6 Å². The molecular formula is C21H25F2N3O5S. The number of halogens is 2. The number of ether oxygens (including phenoxy) is 2. The SMILES string of the molecule is COc1cc(CN2CCC(C(=O)NCCc3cccs3)CC2)c([N+](=O)[O-])cc1OC(F)F. The molecule has 0 bridgehead atoms. The van der Waals surface area contributed by atoms with Crippen molar-refractivity contribution in [3.63, 3.8) is 0 Å². The summed E-state index contributed by atoms with van der Waals surface area (Å²) in [6.45, 7) is -1.09. The van der Waals surface area contributed by atoms with Gasteiger partial charge >= 0.3 is 6.61 Å². The number of nitrogens with one attached hydrogen (secondary N) is 1. The van der Waals surface area contributed by atoms with E-state index in [1.54, 1.807) is 11.3 Å². The largest absolute Gasteiger partial charge is 0.493 e. The number of carbonyl (C=O) groups excluding carboxylic acids is 1. The lowest BCUT2D eigenvalue weighted by Crippen LogP contribution is -2.40. The van der Waals surface area contributed by atoms with Gasteiger partial charge in [0.05, 0.1) is 18.1 Å². The second kappa shape index (κ2) is 11.2. The van der Waals surface area contributed by atoms with Gasteiger partial charge in [-0.05, 0) is 49.9 Å². The Bertz CT molecular complexity index is 918. The smallest absolute Gasteiger partial charge is 0.387 e. The number of nitrogens with zero attached hydrogens (tertiary/aromatic N) is 2. The van der Waals surface area contributed by atoms with Gasteiger partial charge in [-0.2, -0.15) is 8.78 Å². The number of nitro benzene ring substituents is 1. The number of thiophene rings is 1. The molecule has 2 heterocycles. The minimum atomic E-state index is -3.12. The molecule has 0 radical (unpaired) electrons. The van der Waals surface area contributed by atoms with Crippen molar-refractivity contribution in [2.45, 2.75) is 32.4 Å². The van der Waals surface area contributed by atoms with Crippen molar-refractivity contribution in [3.05, 3.63) is 50.2 Å². The molecule has 0 saturated carbocycles. The van der Waals surface area contributed by atoms with E-state index in [0.29, 0.717) is 38.0 Å². The minimum Gasteiger partial charge on any atom is -0.493 e. The van der Waals surface area contributed by atoms with E-state index >= 15 is 0 Å². The highest BCUT2D eigenvalue weighted by Crippen LogP contribution is 2.36. The van der Waals surface area contributed by atoms with E-state index in [0.717, 1.165) is 12.5 Å². The molecule has 32 heavy (non-hydrogen) atoms. The number of nitro groups is 1. The Hall–Kier alpha value is -2.79. The molecule has 1 N–H and O–H groups in total. The summed E-state index contributed by atoms with van der Waals surface area (Å²) in [6.07, 6.45) is 2.09.